The maximum Gasteiger partial charge on any atom is 0.254 e. The molecular formula is C21H24N2O4. The molecule has 0 aliphatic carbocycles. The van der Waals surface area contributed by atoms with Gasteiger partial charge in [-0.2, -0.15) is 0 Å². The lowest BCUT2D eigenvalue weighted by Crippen LogP contribution is -2.50. The van der Waals surface area contributed by atoms with E-state index >= 15 is 0 Å². The van der Waals surface area contributed by atoms with Crippen LogP contribution in [0.15, 0.2) is 42.5 Å². The van der Waals surface area contributed by atoms with E-state index in [9.17, 15) is 9.59 Å². The first kappa shape index (κ1) is 18.8. The summed E-state index contributed by atoms with van der Waals surface area (Å²) in [5.41, 5.74) is 2.16. The molecule has 0 bridgehead atoms. The minimum absolute atomic E-state index is 0.0192. The standard InChI is InChI=1S/C21H24N2O4/c1-15-13-17(7-8-19(15)27-3)21(25)23-11-9-22(10-12-23)20(24)16-5-4-6-18(14-16)26-2/h4-8,13-14H,9-12H2,1-3H3. The summed E-state index contributed by atoms with van der Waals surface area (Å²) in [5, 5.41) is 0. The zero-order valence-corrected chi connectivity index (χ0v) is 15.9. The molecule has 0 radical (unpaired) electrons. The Labute approximate surface area is 159 Å². The number of carbonyl (C=O) groups is 2. The van der Waals surface area contributed by atoms with Crippen molar-refractivity contribution < 1.29 is 19.1 Å². The molecule has 1 saturated heterocycles. The van der Waals surface area contributed by atoms with Gasteiger partial charge in [0.2, 0.25) is 0 Å². The number of nitrogens with zero attached hydrogens (tertiary/aromatic N) is 2. The van der Waals surface area contributed by atoms with E-state index in [2.05, 4.69) is 0 Å². The highest BCUT2D eigenvalue weighted by atomic mass is 16.5. The number of piperazine rings is 1. The Hall–Kier alpha value is -3.02. The quantitative estimate of drug-likeness (QED) is 0.832. The summed E-state index contributed by atoms with van der Waals surface area (Å²) in [5.74, 6) is 1.36. The van der Waals surface area contributed by atoms with E-state index in [1.165, 1.54) is 0 Å². The molecule has 0 saturated carbocycles. The van der Waals surface area contributed by atoms with Gasteiger partial charge in [0, 0.05) is 37.3 Å². The summed E-state index contributed by atoms with van der Waals surface area (Å²) in [4.78, 5) is 29.0. The van der Waals surface area contributed by atoms with Gasteiger partial charge in [-0.15, -0.1) is 0 Å². The van der Waals surface area contributed by atoms with E-state index in [0.717, 1.165) is 11.3 Å². The van der Waals surface area contributed by atoms with E-state index in [1.54, 1.807) is 48.3 Å². The van der Waals surface area contributed by atoms with E-state index in [4.69, 9.17) is 9.47 Å². The van der Waals surface area contributed by atoms with Crippen LogP contribution in [0.5, 0.6) is 11.5 Å². The van der Waals surface area contributed by atoms with Crippen LogP contribution >= 0.6 is 0 Å². The lowest BCUT2D eigenvalue weighted by atomic mass is 10.1. The highest BCUT2D eigenvalue weighted by molar-refractivity contribution is 5.96. The first-order valence-electron chi connectivity index (χ1n) is 8.90. The second-order valence-corrected chi connectivity index (χ2v) is 6.50. The third-order valence-corrected chi connectivity index (χ3v) is 4.81. The van der Waals surface area contributed by atoms with Crippen LogP contribution in [0.3, 0.4) is 0 Å². The molecule has 2 aromatic rings. The van der Waals surface area contributed by atoms with Crippen molar-refractivity contribution in [2.45, 2.75) is 6.92 Å². The fourth-order valence-electron chi connectivity index (χ4n) is 3.25. The lowest BCUT2D eigenvalue weighted by Gasteiger charge is -2.35. The van der Waals surface area contributed by atoms with Crippen LogP contribution in [0.1, 0.15) is 26.3 Å². The smallest absolute Gasteiger partial charge is 0.254 e. The largest absolute Gasteiger partial charge is 0.497 e. The number of carbonyl (C=O) groups excluding carboxylic acids is 2. The Morgan fingerprint density at radius 2 is 1.41 bits per heavy atom. The van der Waals surface area contributed by atoms with Gasteiger partial charge in [-0.05, 0) is 48.9 Å². The third-order valence-electron chi connectivity index (χ3n) is 4.81. The number of benzene rings is 2. The molecule has 6 heteroatoms. The molecule has 1 aliphatic rings. The van der Waals surface area contributed by atoms with E-state index in [0.29, 0.717) is 43.1 Å². The highest BCUT2D eigenvalue weighted by Gasteiger charge is 2.26. The molecule has 0 N–H and O–H groups in total. The number of aryl methyl sites for hydroxylation is 1. The van der Waals surface area contributed by atoms with Gasteiger partial charge < -0.3 is 19.3 Å². The summed E-state index contributed by atoms with van der Waals surface area (Å²) in [6.45, 7) is 3.97. The van der Waals surface area contributed by atoms with Gasteiger partial charge in [-0.25, -0.2) is 0 Å². The Kier molecular flexibility index (Phi) is 5.64. The van der Waals surface area contributed by atoms with Crippen LogP contribution < -0.4 is 9.47 Å². The fraction of sp³-hybridized carbons (Fsp3) is 0.333. The minimum Gasteiger partial charge on any atom is -0.497 e. The molecule has 0 aromatic heterocycles. The van der Waals surface area contributed by atoms with Crippen LogP contribution in [0.4, 0.5) is 0 Å². The topological polar surface area (TPSA) is 59.1 Å². The predicted molar refractivity (Wildman–Crippen MR) is 103 cm³/mol. The number of methoxy groups -OCH3 is 2. The van der Waals surface area contributed by atoms with Crippen LogP contribution in [0.2, 0.25) is 0 Å². The average Bonchev–Trinajstić information content (AvgIpc) is 2.72. The fourth-order valence-corrected chi connectivity index (χ4v) is 3.25. The molecule has 27 heavy (non-hydrogen) atoms. The Balaban J connectivity index is 1.63. The third kappa shape index (κ3) is 4.05. The molecule has 2 amide bonds. The van der Waals surface area contributed by atoms with Crippen LogP contribution in [0.25, 0.3) is 0 Å². The SMILES string of the molecule is COc1cccc(C(=O)N2CCN(C(=O)c3ccc(OC)c(C)c3)CC2)c1. The molecule has 6 nitrogen and oxygen atoms in total. The lowest BCUT2D eigenvalue weighted by molar-refractivity contribution is 0.0535. The molecule has 0 unspecified atom stereocenters. The highest BCUT2D eigenvalue weighted by Crippen LogP contribution is 2.20. The zero-order valence-electron chi connectivity index (χ0n) is 15.9. The number of hydrogen-bond acceptors (Lipinski definition) is 4. The molecule has 0 atom stereocenters. The van der Waals surface area contributed by atoms with Crippen molar-refractivity contribution in [1.29, 1.82) is 0 Å². The monoisotopic (exact) mass is 368 g/mol. The summed E-state index contributed by atoms with van der Waals surface area (Å²) in [6, 6.07) is 12.6. The number of ether oxygens (including phenoxy) is 2. The van der Waals surface area contributed by atoms with Crippen molar-refractivity contribution in [2.24, 2.45) is 0 Å². The zero-order chi connectivity index (χ0) is 19.4. The van der Waals surface area contributed by atoms with Crippen LogP contribution in [0, 0.1) is 6.92 Å². The van der Waals surface area contributed by atoms with E-state index in [1.807, 2.05) is 25.1 Å². The van der Waals surface area contributed by atoms with Crippen molar-refractivity contribution in [1.82, 2.24) is 9.80 Å². The van der Waals surface area contributed by atoms with Gasteiger partial charge in [0.25, 0.3) is 11.8 Å². The number of amides is 2. The summed E-state index contributed by atoms with van der Waals surface area (Å²) in [7, 11) is 3.19. The van der Waals surface area contributed by atoms with Crippen molar-refractivity contribution in [3.05, 3.63) is 59.2 Å². The predicted octanol–water partition coefficient (Wildman–Crippen LogP) is 2.61. The second-order valence-electron chi connectivity index (χ2n) is 6.50. The van der Waals surface area contributed by atoms with Crippen molar-refractivity contribution in [2.75, 3.05) is 40.4 Å². The Morgan fingerprint density at radius 3 is 1.93 bits per heavy atom. The minimum atomic E-state index is -0.0405. The maximum absolute atomic E-state index is 12.7. The van der Waals surface area contributed by atoms with Crippen LogP contribution in [-0.2, 0) is 0 Å². The van der Waals surface area contributed by atoms with Crippen molar-refractivity contribution in [3.8, 4) is 11.5 Å². The first-order valence-corrected chi connectivity index (χ1v) is 8.90. The summed E-state index contributed by atoms with van der Waals surface area (Å²) in [6.07, 6.45) is 0. The average molecular weight is 368 g/mol. The van der Waals surface area contributed by atoms with Gasteiger partial charge in [-0.3, -0.25) is 9.59 Å². The van der Waals surface area contributed by atoms with Gasteiger partial charge in [-0.1, -0.05) is 6.07 Å². The summed E-state index contributed by atoms with van der Waals surface area (Å²) < 4.78 is 10.4. The van der Waals surface area contributed by atoms with Crippen LogP contribution in [-0.4, -0.2) is 62.0 Å². The first-order chi connectivity index (χ1) is 13.0. The molecule has 1 aliphatic heterocycles. The maximum atomic E-state index is 12.7. The van der Waals surface area contributed by atoms with Crippen molar-refractivity contribution in [3.63, 3.8) is 0 Å². The molecule has 0 spiro atoms. The van der Waals surface area contributed by atoms with Gasteiger partial charge in [0.05, 0.1) is 14.2 Å². The molecule has 3 rings (SSSR count). The molecule has 1 fully saturated rings. The number of hydrogen-bond donors (Lipinski definition) is 0. The molecule has 142 valence electrons. The number of rotatable bonds is 4. The second kappa shape index (κ2) is 8.12. The van der Waals surface area contributed by atoms with Gasteiger partial charge in [0.1, 0.15) is 11.5 Å². The summed E-state index contributed by atoms with van der Waals surface area (Å²) >= 11 is 0. The molecule has 1 heterocycles. The van der Waals surface area contributed by atoms with E-state index in [-0.39, 0.29) is 11.8 Å². The van der Waals surface area contributed by atoms with Gasteiger partial charge in [0.15, 0.2) is 0 Å². The van der Waals surface area contributed by atoms with Crippen molar-refractivity contribution >= 4 is 11.8 Å². The normalized spacial score (nSPS) is 14.0. The van der Waals surface area contributed by atoms with Gasteiger partial charge >= 0.3 is 0 Å². The molecule has 2 aromatic carbocycles. The van der Waals surface area contributed by atoms with E-state index < -0.39 is 0 Å². The Morgan fingerprint density at radius 1 is 0.815 bits per heavy atom. The Bertz CT molecular complexity index is 842. The molecular weight excluding hydrogens is 344 g/mol.